The zero-order valence-corrected chi connectivity index (χ0v) is 18.7. The number of carboxylic acids is 1. The normalized spacial score (nSPS) is 21.6. The maximum Gasteiger partial charge on any atom is 0.547 e. The fraction of sp³-hybridized carbons (Fsp3) is 0.400. The molecule has 2 amide bonds. The molecule has 0 saturated carbocycles. The summed E-state index contributed by atoms with van der Waals surface area (Å²) in [5.41, 5.74) is 6.42. The molecule has 2 aliphatic rings. The number of carbonyl (C=O) groups excluding carboxylic acids is 2. The van der Waals surface area contributed by atoms with E-state index in [0.29, 0.717) is 24.8 Å². The molecule has 1 saturated heterocycles. The van der Waals surface area contributed by atoms with Crippen LogP contribution >= 0.6 is 11.3 Å². The number of amides is 2. The summed E-state index contributed by atoms with van der Waals surface area (Å²) in [6.07, 6.45) is 0.399. The number of hydrogen-bond acceptors (Lipinski definition) is 10. The van der Waals surface area contributed by atoms with Crippen LogP contribution in [-0.4, -0.2) is 63.3 Å². The van der Waals surface area contributed by atoms with E-state index in [1.54, 1.807) is 17.5 Å². The summed E-state index contributed by atoms with van der Waals surface area (Å²) in [5, 5.41) is 40.4. The summed E-state index contributed by atoms with van der Waals surface area (Å²) in [6, 6.07) is 2.85. The predicted octanol–water partition coefficient (Wildman–Crippen LogP) is -0.819. The largest absolute Gasteiger partial charge is 0.547 e. The molecule has 12 nitrogen and oxygen atoms in total. The number of nitrogen functional groups attached to an aromatic ring is 1. The third-order valence-electron chi connectivity index (χ3n) is 5.76. The topological polar surface area (TPSA) is 196 Å². The monoisotopic (exact) mass is 489 g/mol. The molecule has 3 heterocycles. The number of aromatic carboxylic acids is 1. The van der Waals surface area contributed by atoms with Crippen LogP contribution in [0.25, 0.3) is 0 Å². The van der Waals surface area contributed by atoms with Gasteiger partial charge in [-0.2, -0.15) is 0 Å². The fourth-order valence-electron chi connectivity index (χ4n) is 4.07. The molecule has 4 atom stereocenters. The molecule has 2 aliphatic heterocycles. The number of thiazole rings is 1. The Morgan fingerprint density at radius 2 is 2.18 bits per heavy atom. The first kappa shape index (κ1) is 23.9. The van der Waals surface area contributed by atoms with Gasteiger partial charge in [-0.05, 0) is 30.9 Å². The van der Waals surface area contributed by atoms with Crippen molar-refractivity contribution in [3.8, 4) is 5.75 Å². The number of nitrogens with two attached hydrogens (primary N) is 1. The van der Waals surface area contributed by atoms with Crippen molar-refractivity contribution in [3.05, 3.63) is 40.4 Å². The van der Waals surface area contributed by atoms with Gasteiger partial charge >= 0.3 is 13.1 Å². The van der Waals surface area contributed by atoms with Crippen LogP contribution in [0, 0.1) is 0 Å². The average Bonchev–Trinajstić information content (AvgIpc) is 3.23. The van der Waals surface area contributed by atoms with Crippen LogP contribution in [0.3, 0.4) is 0 Å². The number of para-hydroxylation sites is 1. The molecular formula is C20H24BN5O7S. The van der Waals surface area contributed by atoms with Crippen LogP contribution in [-0.2, 0) is 16.0 Å². The van der Waals surface area contributed by atoms with E-state index in [1.165, 1.54) is 6.07 Å². The summed E-state index contributed by atoms with van der Waals surface area (Å²) in [6.45, 7) is 0. The van der Waals surface area contributed by atoms with Crippen molar-refractivity contribution in [2.75, 3.05) is 5.73 Å². The summed E-state index contributed by atoms with van der Waals surface area (Å²) in [7, 11) is -1.50. The number of aromatic nitrogens is 1. The van der Waals surface area contributed by atoms with E-state index in [0.717, 1.165) is 11.3 Å². The third kappa shape index (κ3) is 5.14. The molecule has 4 rings (SSSR count). The highest BCUT2D eigenvalue weighted by Crippen LogP contribution is 2.30. The van der Waals surface area contributed by atoms with Gasteiger partial charge in [0.15, 0.2) is 5.13 Å². The van der Waals surface area contributed by atoms with E-state index < -0.39 is 43.2 Å². The average molecular weight is 489 g/mol. The van der Waals surface area contributed by atoms with Crippen molar-refractivity contribution >= 4 is 41.4 Å². The Hall–Kier alpha value is -3.20. The Morgan fingerprint density at radius 3 is 2.85 bits per heavy atom. The molecular weight excluding hydrogens is 465 g/mol. The fourth-order valence-corrected chi connectivity index (χ4v) is 4.66. The number of aliphatic hydroxyl groups excluding tert-OH is 1. The molecule has 1 aromatic carbocycles. The number of aliphatic hydroxyl groups is 1. The highest BCUT2D eigenvalue weighted by atomic mass is 32.1. The molecule has 14 heteroatoms. The van der Waals surface area contributed by atoms with Crippen LogP contribution in [0.15, 0.2) is 23.6 Å². The number of nitrogens with one attached hydrogen (secondary N) is 3. The van der Waals surface area contributed by atoms with Crippen LogP contribution in [0.2, 0.25) is 0 Å². The van der Waals surface area contributed by atoms with Gasteiger partial charge in [-0.25, -0.2) is 9.78 Å². The molecule has 180 valence electrons. The van der Waals surface area contributed by atoms with Crippen molar-refractivity contribution in [2.45, 2.75) is 49.9 Å². The number of benzene rings is 1. The summed E-state index contributed by atoms with van der Waals surface area (Å²) in [5.74, 6) is -2.83. The van der Waals surface area contributed by atoms with Crippen molar-refractivity contribution < 1.29 is 34.3 Å². The number of fused-ring (bicyclic) bond motifs is 1. The molecule has 1 aromatic heterocycles. The summed E-state index contributed by atoms with van der Waals surface area (Å²) < 4.78 is 5.42. The molecule has 8 N–H and O–H groups in total. The molecule has 0 bridgehead atoms. The second-order valence-corrected chi connectivity index (χ2v) is 9.04. The van der Waals surface area contributed by atoms with E-state index in [9.17, 15) is 29.6 Å². The Kier molecular flexibility index (Phi) is 7.02. The maximum absolute atomic E-state index is 13.2. The van der Waals surface area contributed by atoms with Gasteiger partial charge in [0.25, 0.3) is 0 Å². The van der Waals surface area contributed by atoms with Gasteiger partial charge in [0.1, 0.15) is 18.0 Å². The Bertz CT molecular complexity index is 1100. The summed E-state index contributed by atoms with van der Waals surface area (Å²) in [4.78, 5) is 40.5. The van der Waals surface area contributed by atoms with Gasteiger partial charge in [0, 0.05) is 11.8 Å². The standard InChI is InChI=1S/C20H24BN5O7S/c22-20-24-12(8-34-20)15(26-17(28)11-5-2-6-14(27)23-11)18(29)25-13-7-9-3-1-4-10(19(30)31)16(9)33-21(13)32/h1,3-4,8,11,13,15,17,26,28,32H,2,5-7H2,(H2,22,24)(H,23,27)(H,25,29)(H,30,31)/t11?,13-,15?,17?/m0/s1. The minimum atomic E-state index is -1.50. The first-order chi connectivity index (χ1) is 16.2. The Balaban J connectivity index is 1.51. The van der Waals surface area contributed by atoms with Crippen molar-refractivity contribution in [3.63, 3.8) is 0 Å². The van der Waals surface area contributed by atoms with Crippen LogP contribution in [0.4, 0.5) is 5.13 Å². The van der Waals surface area contributed by atoms with E-state index in [-0.39, 0.29) is 34.5 Å². The van der Waals surface area contributed by atoms with Crippen LogP contribution in [0.5, 0.6) is 5.75 Å². The molecule has 3 unspecified atom stereocenters. The lowest BCUT2D eigenvalue weighted by Crippen LogP contribution is -2.58. The Morgan fingerprint density at radius 1 is 1.38 bits per heavy atom. The number of rotatable bonds is 7. The lowest BCUT2D eigenvalue weighted by molar-refractivity contribution is -0.126. The number of anilines is 1. The SMILES string of the molecule is Nc1nc(C(NC(O)C2CCCC(=O)N2)C(=O)N[C@H]2Cc3cccc(C(=O)O)c3OB2O)cs1. The number of nitrogens with zero attached hydrogens (tertiary/aromatic N) is 1. The molecule has 0 aliphatic carbocycles. The van der Waals surface area contributed by atoms with E-state index >= 15 is 0 Å². The molecule has 0 spiro atoms. The van der Waals surface area contributed by atoms with Gasteiger partial charge in [-0.3, -0.25) is 14.9 Å². The van der Waals surface area contributed by atoms with Crippen molar-refractivity contribution in [2.24, 2.45) is 0 Å². The van der Waals surface area contributed by atoms with Crippen LogP contribution in [0.1, 0.15) is 46.9 Å². The number of carbonyl (C=O) groups is 3. The zero-order valence-electron chi connectivity index (χ0n) is 17.9. The van der Waals surface area contributed by atoms with Gasteiger partial charge in [0.2, 0.25) is 11.8 Å². The van der Waals surface area contributed by atoms with Crippen molar-refractivity contribution in [1.82, 2.24) is 20.9 Å². The van der Waals surface area contributed by atoms with Crippen molar-refractivity contribution in [1.29, 1.82) is 0 Å². The highest BCUT2D eigenvalue weighted by Gasteiger charge is 2.40. The number of carboxylic acid groups (broad SMARTS) is 1. The van der Waals surface area contributed by atoms with Gasteiger partial charge in [-0.15, -0.1) is 11.3 Å². The molecule has 34 heavy (non-hydrogen) atoms. The zero-order chi connectivity index (χ0) is 24.4. The highest BCUT2D eigenvalue weighted by molar-refractivity contribution is 7.13. The first-order valence-corrected chi connectivity index (χ1v) is 11.6. The smallest absolute Gasteiger partial charge is 0.534 e. The minimum Gasteiger partial charge on any atom is -0.534 e. The van der Waals surface area contributed by atoms with E-state index in [2.05, 4.69) is 20.9 Å². The number of hydrogen-bond donors (Lipinski definition) is 7. The third-order valence-corrected chi connectivity index (χ3v) is 6.45. The second kappa shape index (κ2) is 9.97. The molecule has 1 fully saturated rings. The molecule has 2 aromatic rings. The van der Waals surface area contributed by atoms with E-state index in [1.807, 2.05) is 0 Å². The Labute approximate surface area is 198 Å². The quantitative estimate of drug-likeness (QED) is 0.191. The predicted molar refractivity (Wildman–Crippen MR) is 122 cm³/mol. The minimum absolute atomic E-state index is 0.0541. The maximum atomic E-state index is 13.2. The number of piperidine rings is 1. The second-order valence-electron chi connectivity index (χ2n) is 8.15. The lowest BCUT2D eigenvalue weighted by Gasteiger charge is -2.32. The van der Waals surface area contributed by atoms with Crippen LogP contribution < -0.4 is 26.3 Å². The van der Waals surface area contributed by atoms with E-state index in [4.69, 9.17) is 10.4 Å². The van der Waals surface area contributed by atoms with Gasteiger partial charge in [0.05, 0.1) is 23.2 Å². The van der Waals surface area contributed by atoms with Gasteiger partial charge < -0.3 is 36.3 Å². The first-order valence-electron chi connectivity index (χ1n) is 10.7. The van der Waals surface area contributed by atoms with Gasteiger partial charge in [-0.1, -0.05) is 12.1 Å². The molecule has 0 radical (unpaired) electrons. The summed E-state index contributed by atoms with van der Waals surface area (Å²) >= 11 is 1.12. The lowest BCUT2D eigenvalue weighted by atomic mass is 9.72.